The Kier molecular flexibility index (Phi) is 7.17. The fourth-order valence-corrected chi connectivity index (χ4v) is 7.31. The van der Waals surface area contributed by atoms with Crippen LogP contribution in [0.25, 0.3) is 11.1 Å². The largest absolute Gasteiger partial charge is 0.344 e. The van der Waals surface area contributed by atoms with Crippen LogP contribution in [-0.4, -0.2) is 6.67 Å². The highest BCUT2D eigenvalue weighted by Crippen LogP contribution is 2.51. The van der Waals surface area contributed by atoms with Crippen molar-refractivity contribution in [3.05, 3.63) is 154 Å². The number of rotatable bonds is 5. The Morgan fingerprint density at radius 1 is 0.488 bits per heavy atom. The van der Waals surface area contributed by atoms with E-state index in [-0.39, 0.29) is 12.1 Å². The Balaban J connectivity index is 1.61. The van der Waals surface area contributed by atoms with Gasteiger partial charge in [0.25, 0.3) is 0 Å². The summed E-state index contributed by atoms with van der Waals surface area (Å²) in [6, 6.07) is 40.8. The number of hydrogen-bond donors (Lipinski definition) is 0. The molecule has 1 fully saturated rings. The molecule has 0 bridgehead atoms. The van der Waals surface area contributed by atoms with E-state index >= 15 is 0 Å². The van der Waals surface area contributed by atoms with Gasteiger partial charge in [-0.3, -0.25) is 0 Å². The Bertz CT molecular complexity index is 1640. The van der Waals surface area contributed by atoms with Crippen molar-refractivity contribution in [3.8, 4) is 11.1 Å². The van der Waals surface area contributed by atoms with E-state index in [1.807, 2.05) is 0 Å². The minimum Gasteiger partial charge on any atom is -0.344 e. The summed E-state index contributed by atoms with van der Waals surface area (Å²) in [4.78, 5) is 5.31. The Morgan fingerprint density at radius 3 is 1.46 bits per heavy atom. The normalized spacial score (nSPS) is 16.8. The first-order chi connectivity index (χ1) is 19.8. The maximum absolute atomic E-state index is 2.66. The zero-order valence-corrected chi connectivity index (χ0v) is 25.1. The summed E-state index contributed by atoms with van der Waals surface area (Å²) in [6.07, 6.45) is 0. The summed E-state index contributed by atoms with van der Waals surface area (Å²) in [7, 11) is 0. The molecule has 1 heterocycles. The quantitative estimate of drug-likeness (QED) is 0.220. The summed E-state index contributed by atoms with van der Waals surface area (Å²) in [6.45, 7) is 14.2. The molecule has 1 saturated heterocycles. The smallest absolute Gasteiger partial charge is 0.0917 e. The molecule has 2 nitrogen and oxygen atoms in total. The lowest BCUT2D eigenvalue weighted by molar-refractivity contribution is 0.617. The molecule has 5 aromatic rings. The molecule has 0 aromatic heterocycles. The van der Waals surface area contributed by atoms with Crippen molar-refractivity contribution in [1.82, 2.24) is 0 Å². The first-order valence-corrected chi connectivity index (χ1v) is 14.7. The van der Waals surface area contributed by atoms with E-state index < -0.39 is 0 Å². The van der Waals surface area contributed by atoms with Crippen LogP contribution >= 0.6 is 0 Å². The van der Waals surface area contributed by atoms with Gasteiger partial charge in [0.15, 0.2) is 0 Å². The maximum atomic E-state index is 2.66. The van der Waals surface area contributed by atoms with Crippen LogP contribution in [0.5, 0.6) is 0 Å². The van der Waals surface area contributed by atoms with Crippen molar-refractivity contribution in [3.63, 3.8) is 0 Å². The summed E-state index contributed by atoms with van der Waals surface area (Å²) in [5, 5.41) is 0. The molecule has 0 spiro atoms. The number of para-hydroxylation sites is 1. The molecule has 0 N–H and O–H groups in total. The van der Waals surface area contributed by atoms with Gasteiger partial charge in [0.05, 0.1) is 18.8 Å². The molecular formula is C39H40N2. The Labute approximate surface area is 245 Å². The van der Waals surface area contributed by atoms with Gasteiger partial charge in [0.2, 0.25) is 0 Å². The second kappa shape index (κ2) is 10.9. The number of hydrogen-bond acceptors (Lipinski definition) is 2. The molecule has 5 aromatic carbocycles. The molecule has 41 heavy (non-hydrogen) atoms. The average molecular weight is 537 g/mol. The molecule has 6 rings (SSSR count). The minimum absolute atomic E-state index is 0.130. The number of aryl methyl sites for hydroxylation is 6. The van der Waals surface area contributed by atoms with Crippen molar-refractivity contribution in [2.45, 2.75) is 53.6 Å². The number of anilines is 2. The highest BCUT2D eigenvalue weighted by molar-refractivity contribution is 5.84. The van der Waals surface area contributed by atoms with Crippen LogP contribution in [-0.2, 0) is 0 Å². The van der Waals surface area contributed by atoms with Crippen LogP contribution in [0.4, 0.5) is 11.4 Å². The highest BCUT2D eigenvalue weighted by atomic mass is 15.4. The van der Waals surface area contributed by atoms with Crippen molar-refractivity contribution in [1.29, 1.82) is 0 Å². The standard InChI is InChI=1S/C39H40N2/c1-26-21-28(3)36(29(4)22-26)34-19-13-14-20-35(34)40-25-41(37-30(5)23-27(2)24-31(37)6)39(33-17-11-8-12-18-33)38(40)32-15-9-7-10-16-32/h7-24,38-39H,25H2,1-6H3/t38-,39-/m0/s1. The van der Waals surface area contributed by atoms with Gasteiger partial charge in [-0.25, -0.2) is 0 Å². The second-order valence-electron chi connectivity index (χ2n) is 11.8. The monoisotopic (exact) mass is 536 g/mol. The second-order valence-corrected chi connectivity index (χ2v) is 11.8. The molecule has 1 aliphatic heterocycles. The average Bonchev–Trinajstić information content (AvgIpc) is 3.33. The number of benzene rings is 5. The SMILES string of the molecule is Cc1cc(C)c(-c2ccccc2N2CN(c3c(C)cc(C)cc3C)[C@@H](c3ccccc3)[C@@H]2c2ccccc2)c(C)c1. The molecule has 1 aliphatic rings. The van der Waals surface area contributed by atoms with E-state index in [1.165, 1.54) is 67.0 Å². The zero-order chi connectivity index (χ0) is 28.7. The third-order valence-corrected chi connectivity index (χ3v) is 8.64. The van der Waals surface area contributed by atoms with Crippen molar-refractivity contribution >= 4 is 11.4 Å². The Hall–Kier alpha value is -4.30. The van der Waals surface area contributed by atoms with Crippen molar-refractivity contribution < 1.29 is 0 Å². The summed E-state index contributed by atoms with van der Waals surface area (Å²) >= 11 is 0. The minimum atomic E-state index is 0.130. The van der Waals surface area contributed by atoms with E-state index in [0.29, 0.717) is 0 Å². The summed E-state index contributed by atoms with van der Waals surface area (Å²) in [5.41, 5.74) is 15.9. The van der Waals surface area contributed by atoms with Gasteiger partial charge < -0.3 is 9.80 Å². The van der Waals surface area contributed by atoms with E-state index in [1.54, 1.807) is 0 Å². The molecule has 0 amide bonds. The van der Waals surface area contributed by atoms with E-state index in [2.05, 4.69) is 161 Å². The molecule has 0 unspecified atom stereocenters. The van der Waals surface area contributed by atoms with Crippen LogP contribution in [0.1, 0.15) is 56.6 Å². The van der Waals surface area contributed by atoms with Crippen LogP contribution in [0.15, 0.2) is 109 Å². The van der Waals surface area contributed by atoms with Gasteiger partial charge in [0.1, 0.15) is 0 Å². The van der Waals surface area contributed by atoms with Gasteiger partial charge in [0, 0.05) is 16.9 Å². The lowest BCUT2D eigenvalue weighted by atomic mass is 9.90. The molecule has 206 valence electrons. The predicted molar refractivity (Wildman–Crippen MR) is 175 cm³/mol. The van der Waals surface area contributed by atoms with Crippen LogP contribution in [0, 0.1) is 41.5 Å². The molecule has 2 heteroatoms. The van der Waals surface area contributed by atoms with Gasteiger partial charge in [-0.1, -0.05) is 114 Å². The molecule has 0 radical (unpaired) electrons. The fraction of sp³-hybridized carbons (Fsp3) is 0.231. The molecule has 2 atom stereocenters. The van der Waals surface area contributed by atoms with Crippen LogP contribution in [0.3, 0.4) is 0 Å². The fourth-order valence-electron chi connectivity index (χ4n) is 7.31. The van der Waals surface area contributed by atoms with Gasteiger partial charge >= 0.3 is 0 Å². The molecular weight excluding hydrogens is 496 g/mol. The van der Waals surface area contributed by atoms with Gasteiger partial charge in [-0.15, -0.1) is 0 Å². The summed E-state index contributed by atoms with van der Waals surface area (Å²) < 4.78 is 0. The van der Waals surface area contributed by atoms with Gasteiger partial charge in [-0.2, -0.15) is 0 Å². The first-order valence-electron chi connectivity index (χ1n) is 14.7. The molecule has 0 aliphatic carbocycles. The maximum Gasteiger partial charge on any atom is 0.0917 e. The predicted octanol–water partition coefficient (Wildman–Crippen LogP) is 9.97. The Morgan fingerprint density at radius 2 is 0.927 bits per heavy atom. The van der Waals surface area contributed by atoms with Crippen molar-refractivity contribution in [2.24, 2.45) is 0 Å². The lowest BCUT2D eigenvalue weighted by Gasteiger charge is -2.32. The first kappa shape index (κ1) is 26.9. The van der Waals surface area contributed by atoms with Gasteiger partial charge in [-0.05, 0) is 86.6 Å². The zero-order valence-electron chi connectivity index (χ0n) is 25.1. The van der Waals surface area contributed by atoms with Crippen molar-refractivity contribution in [2.75, 3.05) is 16.5 Å². The highest BCUT2D eigenvalue weighted by Gasteiger charge is 2.43. The molecule has 0 saturated carbocycles. The third-order valence-electron chi connectivity index (χ3n) is 8.64. The topological polar surface area (TPSA) is 6.48 Å². The van der Waals surface area contributed by atoms with E-state index in [0.717, 1.165) is 6.67 Å². The summed E-state index contributed by atoms with van der Waals surface area (Å²) in [5.74, 6) is 0. The van der Waals surface area contributed by atoms with Crippen LogP contribution < -0.4 is 9.80 Å². The van der Waals surface area contributed by atoms with E-state index in [9.17, 15) is 0 Å². The number of nitrogens with zero attached hydrogens (tertiary/aromatic N) is 2. The third kappa shape index (κ3) is 4.93. The lowest BCUT2D eigenvalue weighted by Crippen LogP contribution is -2.28. The van der Waals surface area contributed by atoms with Crippen LogP contribution in [0.2, 0.25) is 0 Å². The van der Waals surface area contributed by atoms with E-state index in [4.69, 9.17) is 0 Å².